The van der Waals surface area contributed by atoms with Crippen molar-refractivity contribution in [3.05, 3.63) is 59.7 Å². The van der Waals surface area contributed by atoms with E-state index >= 15 is 0 Å². The normalized spacial score (nSPS) is 17.4. The molecule has 3 rings (SSSR count). The van der Waals surface area contributed by atoms with Gasteiger partial charge in [-0.3, -0.25) is 4.79 Å². The van der Waals surface area contributed by atoms with Gasteiger partial charge in [0.2, 0.25) is 0 Å². The number of pyridine rings is 1. The van der Waals surface area contributed by atoms with E-state index in [4.69, 9.17) is 0 Å². The molecule has 1 aliphatic heterocycles. The van der Waals surface area contributed by atoms with E-state index in [1.54, 1.807) is 24.4 Å². The van der Waals surface area contributed by atoms with Crippen molar-refractivity contribution in [2.24, 2.45) is 5.92 Å². The van der Waals surface area contributed by atoms with Gasteiger partial charge < -0.3 is 10.2 Å². The number of halogens is 1. The molecule has 25 heavy (non-hydrogen) atoms. The first-order valence-electron chi connectivity index (χ1n) is 8.85. The summed E-state index contributed by atoms with van der Waals surface area (Å²) in [6, 6.07) is 10.1. The maximum absolute atomic E-state index is 12.9. The molecule has 1 aliphatic rings. The van der Waals surface area contributed by atoms with Crippen LogP contribution in [0.2, 0.25) is 0 Å². The Morgan fingerprint density at radius 1 is 1.28 bits per heavy atom. The molecule has 0 spiro atoms. The van der Waals surface area contributed by atoms with Crippen molar-refractivity contribution >= 4 is 11.6 Å². The lowest BCUT2D eigenvalue weighted by Crippen LogP contribution is -2.34. The quantitative estimate of drug-likeness (QED) is 0.906. The van der Waals surface area contributed by atoms with Gasteiger partial charge >= 0.3 is 0 Å². The van der Waals surface area contributed by atoms with Crippen molar-refractivity contribution in [2.75, 3.05) is 24.5 Å². The van der Waals surface area contributed by atoms with E-state index < -0.39 is 0 Å². The smallest absolute Gasteiger partial charge is 0.269 e. The van der Waals surface area contributed by atoms with Crippen molar-refractivity contribution < 1.29 is 9.18 Å². The Hall–Kier alpha value is -2.43. The maximum atomic E-state index is 12.9. The summed E-state index contributed by atoms with van der Waals surface area (Å²) in [7, 11) is 0. The Labute approximate surface area is 148 Å². The highest BCUT2D eigenvalue weighted by atomic mass is 19.1. The first kappa shape index (κ1) is 17.4. The molecule has 132 valence electrons. The monoisotopic (exact) mass is 341 g/mol. The molecule has 0 aliphatic carbocycles. The number of nitrogens with one attached hydrogen (secondary N) is 1. The minimum absolute atomic E-state index is 0.180. The first-order chi connectivity index (χ1) is 12.1. The highest BCUT2D eigenvalue weighted by Gasteiger charge is 2.17. The predicted octanol–water partition coefficient (Wildman–Crippen LogP) is 3.43. The molecule has 1 atom stereocenters. The van der Waals surface area contributed by atoms with E-state index in [2.05, 4.69) is 22.1 Å². The van der Waals surface area contributed by atoms with Crippen LogP contribution in [0.15, 0.2) is 42.6 Å². The summed E-state index contributed by atoms with van der Waals surface area (Å²) in [4.78, 5) is 18.8. The zero-order valence-corrected chi connectivity index (χ0v) is 14.5. The number of benzene rings is 1. The zero-order chi connectivity index (χ0) is 17.6. The van der Waals surface area contributed by atoms with Gasteiger partial charge in [0, 0.05) is 19.6 Å². The predicted molar refractivity (Wildman–Crippen MR) is 97.3 cm³/mol. The molecule has 2 heterocycles. The second kappa shape index (κ2) is 8.10. The number of aromatic nitrogens is 1. The summed E-state index contributed by atoms with van der Waals surface area (Å²) in [6.07, 6.45) is 4.92. The second-order valence-electron chi connectivity index (χ2n) is 6.73. The third-order valence-corrected chi connectivity index (χ3v) is 4.62. The van der Waals surface area contributed by atoms with Crippen LogP contribution in [-0.4, -0.2) is 30.5 Å². The van der Waals surface area contributed by atoms with Crippen molar-refractivity contribution in [3.63, 3.8) is 0 Å². The molecule has 0 saturated carbocycles. The number of piperidine rings is 1. The molecule has 1 fully saturated rings. The van der Waals surface area contributed by atoms with Gasteiger partial charge in [0.15, 0.2) is 0 Å². The van der Waals surface area contributed by atoms with E-state index in [9.17, 15) is 9.18 Å². The van der Waals surface area contributed by atoms with E-state index in [-0.39, 0.29) is 11.7 Å². The van der Waals surface area contributed by atoms with Crippen LogP contribution in [0, 0.1) is 11.7 Å². The summed E-state index contributed by atoms with van der Waals surface area (Å²) < 4.78 is 12.9. The number of carbonyl (C=O) groups is 1. The summed E-state index contributed by atoms with van der Waals surface area (Å²) in [5.74, 6) is 0.268. The third-order valence-electron chi connectivity index (χ3n) is 4.62. The van der Waals surface area contributed by atoms with Crippen molar-refractivity contribution in [2.45, 2.75) is 26.2 Å². The van der Waals surface area contributed by atoms with Crippen LogP contribution in [-0.2, 0) is 6.42 Å². The van der Waals surface area contributed by atoms with Crippen LogP contribution in [0.5, 0.6) is 0 Å². The van der Waals surface area contributed by atoms with Crippen LogP contribution < -0.4 is 10.2 Å². The summed E-state index contributed by atoms with van der Waals surface area (Å²) in [5, 5.41) is 2.86. The number of rotatable bonds is 5. The van der Waals surface area contributed by atoms with Gasteiger partial charge in [-0.25, -0.2) is 9.37 Å². The van der Waals surface area contributed by atoms with Gasteiger partial charge in [0.1, 0.15) is 11.5 Å². The Morgan fingerprint density at radius 3 is 2.76 bits per heavy atom. The van der Waals surface area contributed by atoms with E-state index in [1.165, 1.54) is 25.0 Å². The number of nitrogens with zero attached hydrogens (tertiary/aromatic N) is 2. The standard InChI is InChI=1S/C20H24FN3O/c1-15-3-2-12-24(14-15)18-8-9-19(23-13-18)20(25)22-11-10-16-4-6-17(21)7-5-16/h4-9,13,15H,2-3,10-12,14H2,1H3,(H,22,25). The summed E-state index contributed by atoms with van der Waals surface area (Å²) in [6.45, 7) is 4.86. The molecular formula is C20H24FN3O. The molecule has 1 amide bonds. The average molecular weight is 341 g/mol. The van der Waals surface area contributed by atoms with Crippen molar-refractivity contribution in [1.29, 1.82) is 0 Å². The molecule has 1 unspecified atom stereocenters. The molecule has 4 nitrogen and oxygen atoms in total. The van der Waals surface area contributed by atoms with Crippen LogP contribution in [0.25, 0.3) is 0 Å². The lowest BCUT2D eigenvalue weighted by molar-refractivity contribution is 0.0949. The zero-order valence-electron chi connectivity index (χ0n) is 14.5. The fourth-order valence-corrected chi connectivity index (χ4v) is 3.19. The third kappa shape index (κ3) is 4.78. The van der Waals surface area contributed by atoms with Gasteiger partial charge in [0.05, 0.1) is 11.9 Å². The van der Waals surface area contributed by atoms with Crippen LogP contribution >= 0.6 is 0 Å². The molecule has 1 aromatic carbocycles. The largest absolute Gasteiger partial charge is 0.370 e. The number of amides is 1. The van der Waals surface area contributed by atoms with Gasteiger partial charge in [-0.15, -0.1) is 0 Å². The SMILES string of the molecule is CC1CCCN(c2ccc(C(=O)NCCc3ccc(F)cc3)nc2)C1. The topological polar surface area (TPSA) is 45.2 Å². The van der Waals surface area contributed by atoms with Crippen LogP contribution in [0.3, 0.4) is 0 Å². The van der Waals surface area contributed by atoms with Crippen molar-refractivity contribution in [3.8, 4) is 0 Å². The summed E-state index contributed by atoms with van der Waals surface area (Å²) >= 11 is 0. The molecule has 0 radical (unpaired) electrons. The maximum Gasteiger partial charge on any atom is 0.269 e. The Bertz CT molecular complexity index is 700. The van der Waals surface area contributed by atoms with Crippen LogP contribution in [0.1, 0.15) is 35.8 Å². The minimum atomic E-state index is -0.250. The molecule has 5 heteroatoms. The van der Waals surface area contributed by atoms with E-state index in [0.29, 0.717) is 24.6 Å². The minimum Gasteiger partial charge on any atom is -0.370 e. The second-order valence-corrected chi connectivity index (χ2v) is 6.73. The van der Waals surface area contributed by atoms with Gasteiger partial charge in [-0.1, -0.05) is 19.1 Å². The fraction of sp³-hybridized carbons (Fsp3) is 0.400. The first-order valence-corrected chi connectivity index (χ1v) is 8.85. The van der Waals surface area contributed by atoms with Gasteiger partial charge in [-0.2, -0.15) is 0 Å². The molecule has 1 saturated heterocycles. The number of carbonyl (C=O) groups excluding carboxylic acids is 1. The van der Waals surface area contributed by atoms with E-state index in [1.807, 2.05) is 6.07 Å². The lowest BCUT2D eigenvalue weighted by atomic mass is 10.00. The fourth-order valence-electron chi connectivity index (χ4n) is 3.19. The Balaban J connectivity index is 1.51. The average Bonchev–Trinajstić information content (AvgIpc) is 2.63. The highest BCUT2D eigenvalue weighted by molar-refractivity contribution is 5.92. The number of hydrogen-bond acceptors (Lipinski definition) is 3. The molecule has 1 aromatic heterocycles. The lowest BCUT2D eigenvalue weighted by Gasteiger charge is -2.32. The molecule has 0 bridgehead atoms. The molecule has 1 N–H and O–H groups in total. The molecule has 2 aromatic rings. The summed E-state index contributed by atoms with van der Waals surface area (Å²) in [5.41, 5.74) is 2.49. The van der Waals surface area contributed by atoms with Crippen molar-refractivity contribution in [1.82, 2.24) is 10.3 Å². The van der Waals surface area contributed by atoms with Gasteiger partial charge in [-0.05, 0) is 55.0 Å². The van der Waals surface area contributed by atoms with E-state index in [0.717, 1.165) is 24.3 Å². The van der Waals surface area contributed by atoms with Gasteiger partial charge in [0.25, 0.3) is 5.91 Å². The Kier molecular flexibility index (Phi) is 5.64. The molecular weight excluding hydrogens is 317 g/mol. The highest BCUT2D eigenvalue weighted by Crippen LogP contribution is 2.22. The number of hydrogen-bond donors (Lipinski definition) is 1. The van der Waals surface area contributed by atoms with Crippen LogP contribution in [0.4, 0.5) is 10.1 Å². The Morgan fingerprint density at radius 2 is 2.08 bits per heavy atom. The number of anilines is 1.